The minimum Gasteiger partial charge on any atom is -0.422 e. The summed E-state index contributed by atoms with van der Waals surface area (Å²) in [4.78, 5) is 7.36. The number of hydrazone groups is 1. The van der Waals surface area contributed by atoms with Gasteiger partial charge in [0.15, 0.2) is 5.89 Å². The van der Waals surface area contributed by atoms with Gasteiger partial charge in [-0.25, -0.2) is 10.4 Å². The van der Waals surface area contributed by atoms with Crippen LogP contribution in [0.1, 0.15) is 29.8 Å². The number of aryl methyl sites for hydroxylation is 2. The van der Waals surface area contributed by atoms with Crippen molar-refractivity contribution in [3.8, 4) is 6.07 Å². The van der Waals surface area contributed by atoms with Crippen LogP contribution in [0.4, 0.5) is 5.88 Å². The van der Waals surface area contributed by atoms with Gasteiger partial charge in [0.05, 0.1) is 6.21 Å². The summed E-state index contributed by atoms with van der Waals surface area (Å²) in [6, 6.07) is 10.0. The molecule has 6 heteroatoms. The SMILES string of the molecule is CCc1nc(C#N)c(N/N=C\c2c(C)[nH]c3ccccc23)o1. The van der Waals surface area contributed by atoms with Crippen molar-refractivity contribution in [1.82, 2.24) is 9.97 Å². The quantitative estimate of drug-likeness (QED) is 0.570. The molecule has 0 aliphatic heterocycles. The highest BCUT2D eigenvalue weighted by Crippen LogP contribution is 2.20. The van der Waals surface area contributed by atoms with E-state index in [0.717, 1.165) is 22.2 Å². The number of oxazole rings is 1. The van der Waals surface area contributed by atoms with Gasteiger partial charge in [-0.05, 0) is 13.0 Å². The van der Waals surface area contributed by atoms with E-state index in [2.05, 4.69) is 20.5 Å². The molecule has 0 spiro atoms. The van der Waals surface area contributed by atoms with Gasteiger partial charge in [0.25, 0.3) is 5.88 Å². The highest BCUT2D eigenvalue weighted by atomic mass is 16.4. The van der Waals surface area contributed by atoms with Gasteiger partial charge >= 0.3 is 0 Å². The van der Waals surface area contributed by atoms with Crippen LogP contribution in [0.15, 0.2) is 33.8 Å². The molecule has 0 aliphatic rings. The summed E-state index contributed by atoms with van der Waals surface area (Å²) in [5.41, 5.74) is 6.05. The molecule has 3 aromatic rings. The van der Waals surface area contributed by atoms with Crippen molar-refractivity contribution in [2.24, 2.45) is 5.10 Å². The Hall–Kier alpha value is -3.07. The first-order chi connectivity index (χ1) is 10.7. The van der Waals surface area contributed by atoms with Gasteiger partial charge in [0, 0.05) is 28.6 Å². The number of nitrogens with one attached hydrogen (secondary N) is 2. The topological polar surface area (TPSA) is 90.0 Å². The number of hydrogen-bond donors (Lipinski definition) is 2. The number of nitrogens with zero attached hydrogens (tertiary/aromatic N) is 3. The first-order valence-corrected chi connectivity index (χ1v) is 6.99. The Morgan fingerprint density at radius 2 is 2.27 bits per heavy atom. The number of aromatic amines is 1. The lowest BCUT2D eigenvalue weighted by molar-refractivity contribution is 0.513. The number of rotatable bonds is 4. The second kappa shape index (κ2) is 5.74. The van der Waals surface area contributed by atoms with E-state index in [1.54, 1.807) is 6.21 Å². The van der Waals surface area contributed by atoms with E-state index in [9.17, 15) is 0 Å². The fraction of sp³-hybridized carbons (Fsp3) is 0.188. The lowest BCUT2D eigenvalue weighted by Gasteiger charge is -1.95. The van der Waals surface area contributed by atoms with E-state index in [1.165, 1.54) is 0 Å². The molecular formula is C16H15N5O. The highest BCUT2D eigenvalue weighted by molar-refractivity contribution is 6.00. The third-order valence-corrected chi connectivity index (χ3v) is 3.38. The van der Waals surface area contributed by atoms with Crippen LogP contribution in [0.3, 0.4) is 0 Å². The number of benzene rings is 1. The Morgan fingerprint density at radius 1 is 1.45 bits per heavy atom. The number of nitriles is 1. The predicted octanol–water partition coefficient (Wildman–Crippen LogP) is 3.34. The predicted molar refractivity (Wildman–Crippen MR) is 84.8 cm³/mol. The van der Waals surface area contributed by atoms with E-state index >= 15 is 0 Å². The third kappa shape index (κ3) is 2.44. The van der Waals surface area contributed by atoms with Gasteiger partial charge in [-0.2, -0.15) is 10.4 Å². The largest absolute Gasteiger partial charge is 0.422 e. The zero-order valence-electron chi connectivity index (χ0n) is 12.3. The summed E-state index contributed by atoms with van der Waals surface area (Å²) >= 11 is 0. The first kappa shape index (κ1) is 13.9. The van der Waals surface area contributed by atoms with Gasteiger partial charge in [0.2, 0.25) is 5.69 Å². The lowest BCUT2D eigenvalue weighted by Crippen LogP contribution is -1.92. The molecule has 0 saturated carbocycles. The smallest absolute Gasteiger partial charge is 0.252 e. The Bertz CT molecular complexity index is 882. The second-order valence-electron chi connectivity index (χ2n) is 4.83. The maximum atomic E-state index is 9.03. The average Bonchev–Trinajstić information content (AvgIpc) is 3.08. The normalized spacial score (nSPS) is 11.1. The van der Waals surface area contributed by atoms with Crippen molar-refractivity contribution in [2.45, 2.75) is 20.3 Å². The molecule has 0 fully saturated rings. The number of aromatic nitrogens is 2. The molecule has 0 saturated heterocycles. The molecule has 0 radical (unpaired) electrons. The summed E-state index contributed by atoms with van der Waals surface area (Å²) in [5.74, 6) is 0.783. The van der Waals surface area contributed by atoms with E-state index in [4.69, 9.17) is 9.68 Å². The van der Waals surface area contributed by atoms with Crippen molar-refractivity contribution in [3.63, 3.8) is 0 Å². The van der Waals surface area contributed by atoms with Crippen LogP contribution in [0, 0.1) is 18.3 Å². The van der Waals surface area contributed by atoms with Crippen molar-refractivity contribution in [3.05, 3.63) is 47.1 Å². The standard InChI is InChI=1S/C16H15N5O/c1-3-15-20-14(8-17)16(22-15)21-18-9-12-10(2)19-13-7-5-4-6-11(12)13/h4-7,9,19,21H,3H2,1-2H3/b18-9-. The number of fused-ring (bicyclic) bond motifs is 1. The summed E-state index contributed by atoms with van der Waals surface area (Å²) in [6.45, 7) is 3.90. The molecule has 0 aliphatic carbocycles. The van der Waals surface area contributed by atoms with E-state index in [0.29, 0.717) is 12.3 Å². The molecule has 1 aromatic carbocycles. The average molecular weight is 293 g/mol. The minimum absolute atomic E-state index is 0.213. The number of anilines is 1. The second-order valence-corrected chi connectivity index (χ2v) is 4.83. The van der Waals surface area contributed by atoms with Crippen molar-refractivity contribution >= 4 is 23.0 Å². The number of hydrogen-bond acceptors (Lipinski definition) is 5. The third-order valence-electron chi connectivity index (χ3n) is 3.38. The highest BCUT2D eigenvalue weighted by Gasteiger charge is 2.11. The molecule has 0 unspecified atom stereocenters. The Labute approximate surface area is 127 Å². The van der Waals surface area contributed by atoms with Gasteiger partial charge < -0.3 is 9.40 Å². The maximum Gasteiger partial charge on any atom is 0.252 e. The van der Waals surface area contributed by atoms with Crippen LogP contribution in [0.2, 0.25) is 0 Å². The molecule has 0 atom stereocenters. The first-order valence-electron chi connectivity index (χ1n) is 6.99. The van der Waals surface area contributed by atoms with E-state index < -0.39 is 0 Å². The molecule has 2 N–H and O–H groups in total. The number of H-pyrrole nitrogens is 1. The van der Waals surface area contributed by atoms with Gasteiger partial charge in [-0.3, -0.25) is 0 Å². The molecule has 3 rings (SSSR count). The summed E-state index contributed by atoms with van der Waals surface area (Å²) in [5, 5.41) is 14.3. The molecule has 2 aromatic heterocycles. The van der Waals surface area contributed by atoms with Gasteiger partial charge in [-0.1, -0.05) is 25.1 Å². The molecule has 0 amide bonds. The van der Waals surface area contributed by atoms with Gasteiger partial charge in [0.1, 0.15) is 6.07 Å². The summed E-state index contributed by atoms with van der Waals surface area (Å²) in [7, 11) is 0. The van der Waals surface area contributed by atoms with Crippen LogP contribution >= 0.6 is 0 Å². The number of para-hydroxylation sites is 1. The fourth-order valence-electron chi connectivity index (χ4n) is 2.29. The van der Waals surface area contributed by atoms with Crippen LogP contribution < -0.4 is 5.43 Å². The van der Waals surface area contributed by atoms with Crippen molar-refractivity contribution in [2.75, 3.05) is 5.43 Å². The fourth-order valence-corrected chi connectivity index (χ4v) is 2.29. The van der Waals surface area contributed by atoms with Crippen LogP contribution in [0.25, 0.3) is 10.9 Å². The molecule has 22 heavy (non-hydrogen) atoms. The summed E-state index contributed by atoms with van der Waals surface area (Å²) < 4.78 is 5.43. The lowest BCUT2D eigenvalue weighted by atomic mass is 10.1. The maximum absolute atomic E-state index is 9.03. The van der Waals surface area contributed by atoms with Crippen molar-refractivity contribution < 1.29 is 4.42 Å². The summed E-state index contributed by atoms with van der Waals surface area (Å²) in [6.07, 6.45) is 2.34. The molecular weight excluding hydrogens is 278 g/mol. The molecule has 0 bridgehead atoms. The van der Waals surface area contributed by atoms with Crippen molar-refractivity contribution in [1.29, 1.82) is 5.26 Å². The van der Waals surface area contributed by atoms with Crippen LogP contribution in [-0.4, -0.2) is 16.2 Å². The Morgan fingerprint density at radius 3 is 3.05 bits per heavy atom. The molecule has 110 valence electrons. The zero-order valence-corrected chi connectivity index (χ0v) is 12.3. The van der Waals surface area contributed by atoms with E-state index in [-0.39, 0.29) is 11.6 Å². The van der Waals surface area contributed by atoms with Gasteiger partial charge in [-0.15, -0.1) is 0 Å². The monoisotopic (exact) mass is 293 g/mol. The van der Waals surface area contributed by atoms with Crippen LogP contribution in [0.5, 0.6) is 0 Å². The zero-order chi connectivity index (χ0) is 15.5. The molecule has 6 nitrogen and oxygen atoms in total. The Balaban J connectivity index is 1.87. The van der Waals surface area contributed by atoms with Crippen LogP contribution in [-0.2, 0) is 6.42 Å². The Kier molecular flexibility index (Phi) is 3.62. The molecule has 2 heterocycles. The van der Waals surface area contributed by atoms with E-state index in [1.807, 2.05) is 44.2 Å². The minimum atomic E-state index is 0.213.